The van der Waals surface area contributed by atoms with Crippen molar-refractivity contribution in [3.63, 3.8) is 0 Å². The molecule has 0 spiro atoms. The van der Waals surface area contributed by atoms with E-state index in [1.54, 1.807) is 0 Å². The number of aromatic nitrogens is 4. The summed E-state index contributed by atoms with van der Waals surface area (Å²) in [4.78, 5) is 22.8. The molecule has 274 valence electrons. The lowest BCUT2D eigenvalue weighted by Crippen LogP contribution is -2.26. The number of ketones is 1. The van der Waals surface area contributed by atoms with Crippen LogP contribution >= 0.6 is 0 Å². The molecule has 0 saturated heterocycles. The monoisotopic (exact) mass is 681 g/mol. The highest BCUT2D eigenvalue weighted by atomic mass is 16.1. The average molecular weight is 681 g/mol. The number of allylic oxidation sites excluding steroid dienone is 5. The van der Waals surface area contributed by atoms with Crippen LogP contribution in [-0.4, -0.2) is 24.9 Å². The summed E-state index contributed by atoms with van der Waals surface area (Å²) >= 11 is 0. The molecule has 0 N–H and O–H groups in total. The van der Waals surface area contributed by atoms with E-state index in [0.717, 1.165) is 57.1 Å². The topological polar surface area (TPSA) is 52.7 Å². The molecule has 2 atom stereocenters. The van der Waals surface area contributed by atoms with Crippen molar-refractivity contribution in [2.24, 2.45) is 25.9 Å². The van der Waals surface area contributed by atoms with Gasteiger partial charge in [0.05, 0.1) is 18.3 Å². The molecule has 0 saturated carbocycles. The third-order valence-corrected chi connectivity index (χ3v) is 10.5. The Labute approximate surface area is 305 Å². The van der Waals surface area contributed by atoms with Crippen molar-refractivity contribution < 1.29 is 4.79 Å². The van der Waals surface area contributed by atoms with E-state index in [0.29, 0.717) is 18.1 Å². The van der Waals surface area contributed by atoms with Gasteiger partial charge >= 0.3 is 0 Å². The number of hydrogen-bond donors (Lipinski definition) is 0. The molecule has 0 aliphatic rings. The molecule has 50 heavy (non-hydrogen) atoms. The Morgan fingerprint density at radius 1 is 0.880 bits per heavy atom. The van der Waals surface area contributed by atoms with Crippen LogP contribution in [0.3, 0.4) is 0 Å². The van der Waals surface area contributed by atoms with Crippen molar-refractivity contribution in [2.45, 2.75) is 143 Å². The molecule has 2 unspecified atom stereocenters. The van der Waals surface area contributed by atoms with E-state index in [1.807, 2.05) is 30.5 Å². The molecular weight excluding hydrogens is 613 g/mol. The van der Waals surface area contributed by atoms with E-state index in [9.17, 15) is 4.79 Å². The summed E-state index contributed by atoms with van der Waals surface area (Å²) in [7, 11) is 4.07. The molecule has 3 rings (SSSR count). The summed E-state index contributed by atoms with van der Waals surface area (Å²) in [5.74, 6) is 0.736. The van der Waals surface area contributed by atoms with Gasteiger partial charge in [0.1, 0.15) is 5.78 Å². The minimum absolute atomic E-state index is 0.0468. The molecule has 0 aliphatic heterocycles. The number of Topliss-reactive ketones (excluding diaryl/α,β-unsaturated/α-hetero) is 1. The molecule has 0 radical (unpaired) electrons. The van der Waals surface area contributed by atoms with Crippen LogP contribution in [0.1, 0.15) is 145 Å². The van der Waals surface area contributed by atoms with Gasteiger partial charge in [-0.2, -0.15) is 0 Å². The van der Waals surface area contributed by atoms with Gasteiger partial charge in [-0.25, -0.2) is 9.97 Å². The summed E-state index contributed by atoms with van der Waals surface area (Å²) in [6.45, 7) is 11.1. The van der Waals surface area contributed by atoms with Gasteiger partial charge in [-0.05, 0) is 107 Å². The summed E-state index contributed by atoms with van der Waals surface area (Å²) < 4.78 is 4.10. The van der Waals surface area contributed by atoms with Crippen LogP contribution in [0.2, 0.25) is 0 Å². The van der Waals surface area contributed by atoms with Crippen molar-refractivity contribution in [1.82, 2.24) is 19.1 Å². The SMILES string of the molecule is C=C(CCCCCCC/C=C\C/C=C\CCCCC)CCC(Cc1cncn1C)C(CC)C(=O)CCc1cccc(Cc2cn(C)cn2)c1C. The van der Waals surface area contributed by atoms with E-state index in [2.05, 4.69) is 97.6 Å². The number of nitrogens with zero attached hydrogens (tertiary/aromatic N) is 4. The van der Waals surface area contributed by atoms with E-state index in [4.69, 9.17) is 0 Å². The molecule has 2 heterocycles. The molecule has 0 fully saturated rings. The number of benzene rings is 1. The predicted octanol–water partition coefficient (Wildman–Crippen LogP) is 11.6. The van der Waals surface area contributed by atoms with Crippen molar-refractivity contribution in [2.75, 3.05) is 0 Å². The van der Waals surface area contributed by atoms with E-state index in [1.165, 1.54) is 92.2 Å². The first kappa shape index (κ1) is 41.0. The van der Waals surface area contributed by atoms with Gasteiger partial charge in [0.25, 0.3) is 0 Å². The smallest absolute Gasteiger partial charge is 0.136 e. The normalized spacial score (nSPS) is 13.1. The lowest BCUT2D eigenvalue weighted by molar-refractivity contribution is -0.124. The first-order chi connectivity index (χ1) is 24.3. The number of carbonyl (C=O) groups is 1. The van der Waals surface area contributed by atoms with Crippen LogP contribution in [0.15, 0.2) is 79.7 Å². The van der Waals surface area contributed by atoms with Crippen LogP contribution in [0.4, 0.5) is 0 Å². The van der Waals surface area contributed by atoms with E-state index < -0.39 is 0 Å². The Kier molecular flexibility index (Phi) is 19.5. The van der Waals surface area contributed by atoms with Crippen molar-refractivity contribution in [3.8, 4) is 0 Å². The molecule has 5 nitrogen and oxygen atoms in total. The maximum Gasteiger partial charge on any atom is 0.136 e. The Morgan fingerprint density at radius 2 is 1.60 bits per heavy atom. The molecule has 0 amide bonds. The lowest BCUT2D eigenvalue weighted by atomic mass is 9.78. The van der Waals surface area contributed by atoms with Crippen LogP contribution in [0.25, 0.3) is 0 Å². The standard InChI is InChI=1S/C45H68N4O/c1-7-9-10-11-12-13-14-15-16-17-18-19-20-21-22-24-37(3)27-28-41(32-43-33-46-35-49(43)6)44(8-2)45(50)30-29-39-25-23-26-40(38(39)4)31-42-34-48(5)36-47-42/h12-13,15-16,23,25-26,33-36,41,44H,3,7-11,14,17-22,24,27-32H2,1-2,4-6H3/b13-12-,16-15-. The second-order valence-corrected chi connectivity index (χ2v) is 14.6. The van der Waals surface area contributed by atoms with Gasteiger partial charge in [0.15, 0.2) is 0 Å². The molecule has 3 aromatic rings. The fourth-order valence-electron chi connectivity index (χ4n) is 7.22. The largest absolute Gasteiger partial charge is 0.340 e. The Bertz CT molecular complexity index is 1460. The number of imidazole rings is 2. The average Bonchev–Trinajstić information content (AvgIpc) is 3.72. The van der Waals surface area contributed by atoms with Crippen LogP contribution in [-0.2, 0) is 38.2 Å². The van der Waals surface area contributed by atoms with Gasteiger partial charge in [-0.15, -0.1) is 0 Å². The van der Waals surface area contributed by atoms with Gasteiger partial charge in [0, 0.05) is 50.9 Å². The highest BCUT2D eigenvalue weighted by molar-refractivity contribution is 5.81. The number of hydrogen-bond acceptors (Lipinski definition) is 3. The zero-order valence-electron chi connectivity index (χ0n) is 32.3. The van der Waals surface area contributed by atoms with Crippen molar-refractivity contribution in [3.05, 3.63) is 108 Å². The highest BCUT2D eigenvalue weighted by Gasteiger charge is 2.27. The summed E-state index contributed by atoms with van der Waals surface area (Å²) in [6, 6.07) is 6.51. The number of carbonyl (C=O) groups excluding carboxylic acids is 1. The Balaban J connectivity index is 1.43. The summed E-state index contributed by atoms with van der Waals surface area (Å²) in [5, 5.41) is 0. The van der Waals surface area contributed by atoms with Crippen molar-refractivity contribution >= 4 is 5.78 Å². The van der Waals surface area contributed by atoms with Crippen LogP contribution < -0.4 is 0 Å². The van der Waals surface area contributed by atoms with Gasteiger partial charge in [-0.3, -0.25) is 4.79 Å². The first-order valence-electron chi connectivity index (χ1n) is 19.8. The van der Waals surface area contributed by atoms with Crippen LogP contribution in [0, 0.1) is 18.8 Å². The van der Waals surface area contributed by atoms with E-state index in [-0.39, 0.29) is 5.92 Å². The minimum atomic E-state index is 0.0468. The molecule has 0 aliphatic carbocycles. The zero-order valence-corrected chi connectivity index (χ0v) is 32.3. The fourth-order valence-corrected chi connectivity index (χ4v) is 7.22. The Hall–Kier alpha value is -3.47. The maximum absolute atomic E-state index is 13.9. The number of unbranched alkanes of at least 4 members (excludes halogenated alkanes) is 8. The molecular formula is C45H68N4O. The second-order valence-electron chi connectivity index (χ2n) is 14.6. The van der Waals surface area contributed by atoms with Crippen LogP contribution in [0.5, 0.6) is 0 Å². The summed E-state index contributed by atoms with van der Waals surface area (Å²) in [5.41, 5.74) is 7.47. The van der Waals surface area contributed by atoms with Gasteiger partial charge < -0.3 is 9.13 Å². The first-order valence-corrected chi connectivity index (χ1v) is 19.8. The molecule has 2 aromatic heterocycles. The fraction of sp³-hybridized carbons (Fsp3) is 0.578. The van der Waals surface area contributed by atoms with Crippen molar-refractivity contribution in [1.29, 1.82) is 0 Å². The molecule has 1 aromatic carbocycles. The highest BCUT2D eigenvalue weighted by Crippen LogP contribution is 2.30. The predicted molar refractivity (Wildman–Crippen MR) is 212 cm³/mol. The maximum atomic E-state index is 13.9. The number of aryl methyl sites for hydroxylation is 3. The van der Waals surface area contributed by atoms with Gasteiger partial charge in [0.2, 0.25) is 0 Å². The zero-order chi connectivity index (χ0) is 36.0. The Morgan fingerprint density at radius 3 is 2.28 bits per heavy atom. The summed E-state index contributed by atoms with van der Waals surface area (Å²) in [6.07, 6.45) is 38.0. The molecule has 5 heteroatoms. The second kappa shape index (κ2) is 23.8. The third kappa shape index (κ3) is 15.2. The third-order valence-electron chi connectivity index (χ3n) is 10.5. The van der Waals surface area contributed by atoms with E-state index >= 15 is 0 Å². The quantitative estimate of drug-likeness (QED) is 0.0595. The molecule has 0 bridgehead atoms. The van der Waals surface area contributed by atoms with Gasteiger partial charge in [-0.1, -0.05) is 101 Å². The minimum Gasteiger partial charge on any atom is -0.340 e. The number of rotatable bonds is 27. The lowest BCUT2D eigenvalue weighted by Gasteiger charge is -2.26.